The first-order valence-electron chi connectivity index (χ1n) is 9.80. The first-order valence-corrected chi connectivity index (χ1v) is 9.80. The quantitative estimate of drug-likeness (QED) is 0.663. The summed E-state index contributed by atoms with van der Waals surface area (Å²) >= 11 is 0. The molecule has 2 rings (SSSR count). The van der Waals surface area contributed by atoms with Gasteiger partial charge in [-0.15, -0.1) is 0 Å². The van der Waals surface area contributed by atoms with Gasteiger partial charge in [-0.2, -0.15) is 0 Å². The maximum atomic E-state index is 12.6. The molecule has 2 fully saturated rings. The van der Waals surface area contributed by atoms with Crippen LogP contribution in [0.25, 0.3) is 0 Å². The molecule has 2 aliphatic rings. The van der Waals surface area contributed by atoms with E-state index < -0.39 is 0 Å². The largest absolute Gasteiger partial charge is 0.345 e. The molecule has 4 heteroatoms. The topological polar surface area (TPSA) is 40.6 Å². The molecule has 0 bridgehead atoms. The van der Waals surface area contributed by atoms with Gasteiger partial charge in [0.1, 0.15) is 0 Å². The maximum Gasteiger partial charge on any atom is 0.228 e. The third-order valence-electron chi connectivity index (χ3n) is 6.38. The molecule has 0 saturated heterocycles. The average molecular weight is 337 g/mol. The molecule has 0 atom stereocenters. The second-order valence-electron chi connectivity index (χ2n) is 8.70. The highest BCUT2D eigenvalue weighted by Crippen LogP contribution is 2.39. The molecule has 138 valence electrons. The highest BCUT2D eigenvalue weighted by atomic mass is 16.2. The molecule has 4 nitrogen and oxygen atoms in total. The zero-order valence-corrected chi connectivity index (χ0v) is 16.2. The molecular weight excluding hydrogens is 300 g/mol. The first kappa shape index (κ1) is 19.3. The summed E-state index contributed by atoms with van der Waals surface area (Å²) in [7, 11) is 3.86. The van der Waals surface area contributed by atoms with Gasteiger partial charge in [0.25, 0.3) is 0 Å². The highest BCUT2D eigenvalue weighted by molar-refractivity contribution is 5.82. The Kier molecular flexibility index (Phi) is 6.33. The second kappa shape index (κ2) is 7.88. The lowest BCUT2D eigenvalue weighted by molar-refractivity contribution is -0.140. The van der Waals surface area contributed by atoms with Crippen molar-refractivity contribution >= 4 is 11.8 Å². The number of hydrogen-bond acceptors (Lipinski definition) is 2. The van der Waals surface area contributed by atoms with Crippen LogP contribution < -0.4 is 0 Å². The Hall–Kier alpha value is -1.06. The number of amides is 2. The van der Waals surface area contributed by atoms with Gasteiger partial charge < -0.3 is 9.80 Å². The molecule has 0 aromatic heterocycles. The van der Waals surface area contributed by atoms with Crippen molar-refractivity contribution in [2.24, 2.45) is 10.8 Å². The number of carbonyl (C=O) groups is 2. The maximum absolute atomic E-state index is 12.6. The molecule has 0 aromatic carbocycles. The molecule has 0 spiro atoms. The summed E-state index contributed by atoms with van der Waals surface area (Å²) in [5.74, 6) is 0.616. The molecule has 0 aromatic rings. The van der Waals surface area contributed by atoms with E-state index in [0.29, 0.717) is 11.8 Å². The third kappa shape index (κ3) is 4.31. The molecular formula is C20H36N2O2. The van der Waals surface area contributed by atoms with Gasteiger partial charge in [0.05, 0.1) is 0 Å². The van der Waals surface area contributed by atoms with E-state index in [0.717, 1.165) is 51.6 Å². The number of unbranched alkanes of at least 4 members (excludes halogenated alkanes) is 1. The summed E-state index contributed by atoms with van der Waals surface area (Å²) in [6.45, 7) is 5.84. The van der Waals surface area contributed by atoms with E-state index in [1.807, 2.05) is 23.9 Å². The van der Waals surface area contributed by atoms with E-state index in [1.165, 1.54) is 25.7 Å². The summed E-state index contributed by atoms with van der Waals surface area (Å²) in [5, 5.41) is 0. The fourth-order valence-corrected chi connectivity index (χ4v) is 4.56. The summed E-state index contributed by atoms with van der Waals surface area (Å²) in [6, 6.07) is 0. The van der Waals surface area contributed by atoms with Gasteiger partial charge in [-0.25, -0.2) is 0 Å². The van der Waals surface area contributed by atoms with Gasteiger partial charge in [0.15, 0.2) is 0 Å². The minimum Gasteiger partial charge on any atom is -0.345 e. The molecule has 2 amide bonds. The van der Waals surface area contributed by atoms with E-state index in [-0.39, 0.29) is 10.8 Å². The molecule has 0 unspecified atom stereocenters. The van der Waals surface area contributed by atoms with Crippen molar-refractivity contribution in [3.8, 4) is 0 Å². The van der Waals surface area contributed by atoms with Crippen molar-refractivity contribution in [1.82, 2.24) is 9.80 Å². The van der Waals surface area contributed by atoms with Crippen LogP contribution in [0.4, 0.5) is 0 Å². The van der Waals surface area contributed by atoms with E-state index in [4.69, 9.17) is 0 Å². The first-order chi connectivity index (χ1) is 11.3. The lowest BCUT2D eigenvalue weighted by atomic mass is 9.87. The Morgan fingerprint density at radius 2 is 1.00 bits per heavy atom. The van der Waals surface area contributed by atoms with Crippen LogP contribution in [0.5, 0.6) is 0 Å². The summed E-state index contributed by atoms with van der Waals surface area (Å²) in [5.41, 5.74) is -0.253. The fraction of sp³-hybridized carbons (Fsp3) is 0.900. The monoisotopic (exact) mass is 336 g/mol. The predicted molar refractivity (Wildman–Crippen MR) is 97.7 cm³/mol. The van der Waals surface area contributed by atoms with Gasteiger partial charge in [0, 0.05) is 38.0 Å². The van der Waals surface area contributed by atoms with Gasteiger partial charge in [-0.05, 0) is 38.5 Å². The van der Waals surface area contributed by atoms with Crippen molar-refractivity contribution in [2.75, 3.05) is 27.2 Å². The van der Waals surface area contributed by atoms with Crippen molar-refractivity contribution in [2.45, 2.75) is 78.1 Å². The Labute approximate surface area is 148 Å². The Bertz CT molecular complexity index is 407. The molecule has 2 aliphatic carbocycles. The van der Waals surface area contributed by atoms with Crippen LogP contribution in [0.15, 0.2) is 0 Å². The Morgan fingerprint density at radius 1 is 0.708 bits per heavy atom. The van der Waals surface area contributed by atoms with Crippen LogP contribution in [0, 0.1) is 10.8 Å². The van der Waals surface area contributed by atoms with E-state index in [9.17, 15) is 9.59 Å². The van der Waals surface area contributed by atoms with E-state index in [2.05, 4.69) is 13.8 Å². The minimum absolute atomic E-state index is 0.126. The summed E-state index contributed by atoms with van der Waals surface area (Å²) < 4.78 is 0. The van der Waals surface area contributed by atoms with Crippen LogP contribution >= 0.6 is 0 Å². The Morgan fingerprint density at radius 3 is 1.29 bits per heavy atom. The molecule has 0 radical (unpaired) electrons. The molecule has 2 saturated carbocycles. The van der Waals surface area contributed by atoms with Gasteiger partial charge >= 0.3 is 0 Å². The number of carbonyl (C=O) groups excluding carboxylic acids is 2. The number of rotatable bonds is 7. The molecule has 0 heterocycles. The summed E-state index contributed by atoms with van der Waals surface area (Å²) in [6.07, 6.45) is 10.8. The van der Waals surface area contributed by atoms with Crippen molar-refractivity contribution in [1.29, 1.82) is 0 Å². The van der Waals surface area contributed by atoms with Crippen LogP contribution in [-0.4, -0.2) is 48.8 Å². The zero-order chi connectivity index (χ0) is 17.8. The third-order valence-corrected chi connectivity index (χ3v) is 6.38. The lowest BCUT2D eigenvalue weighted by Crippen LogP contribution is -2.40. The SMILES string of the molecule is CN(CCCCN(C)C(=O)C1(C)CCCC1)C(=O)C1(C)CCCC1. The number of nitrogens with zero attached hydrogens (tertiary/aromatic N) is 2. The normalized spacial score (nSPS) is 21.7. The lowest BCUT2D eigenvalue weighted by Gasteiger charge is -2.30. The fourth-order valence-electron chi connectivity index (χ4n) is 4.56. The minimum atomic E-state index is -0.126. The summed E-state index contributed by atoms with van der Waals surface area (Å²) in [4.78, 5) is 29.0. The van der Waals surface area contributed by atoms with Crippen molar-refractivity contribution < 1.29 is 9.59 Å². The van der Waals surface area contributed by atoms with Crippen LogP contribution in [0.2, 0.25) is 0 Å². The van der Waals surface area contributed by atoms with E-state index >= 15 is 0 Å². The molecule has 0 aliphatic heterocycles. The highest BCUT2D eigenvalue weighted by Gasteiger charge is 2.39. The average Bonchev–Trinajstić information content (AvgIpc) is 3.20. The number of hydrogen-bond donors (Lipinski definition) is 0. The molecule has 24 heavy (non-hydrogen) atoms. The molecule has 0 N–H and O–H groups in total. The van der Waals surface area contributed by atoms with Crippen molar-refractivity contribution in [3.05, 3.63) is 0 Å². The second-order valence-corrected chi connectivity index (χ2v) is 8.70. The zero-order valence-electron chi connectivity index (χ0n) is 16.2. The van der Waals surface area contributed by atoms with E-state index in [1.54, 1.807) is 0 Å². The predicted octanol–water partition coefficient (Wildman–Crippen LogP) is 3.84. The standard InChI is InChI=1S/C20H36N2O2/c1-19(11-5-6-12-19)17(23)21(3)15-9-10-16-22(4)18(24)20(2)13-7-8-14-20/h5-16H2,1-4H3. The Balaban J connectivity index is 1.68. The van der Waals surface area contributed by atoms with Crippen LogP contribution in [0.1, 0.15) is 78.1 Å². The van der Waals surface area contributed by atoms with Gasteiger partial charge in [-0.1, -0.05) is 39.5 Å². The van der Waals surface area contributed by atoms with Crippen LogP contribution in [-0.2, 0) is 9.59 Å². The van der Waals surface area contributed by atoms with Gasteiger partial charge in [0.2, 0.25) is 11.8 Å². The van der Waals surface area contributed by atoms with Crippen LogP contribution in [0.3, 0.4) is 0 Å². The smallest absolute Gasteiger partial charge is 0.228 e. The van der Waals surface area contributed by atoms with Crippen molar-refractivity contribution in [3.63, 3.8) is 0 Å². The van der Waals surface area contributed by atoms with Gasteiger partial charge in [-0.3, -0.25) is 9.59 Å².